The average Bonchev–Trinajstić information content (AvgIpc) is 2.65. The molecule has 4 nitrogen and oxygen atoms in total. The van der Waals surface area contributed by atoms with Gasteiger partial charge in [0.15, 0.2) is 0 Å². The second-order valence-electron chi connectivity index (χ2n) is 6.56. The lowest BCUT2D eigenvalue weighted by atomic mass is 10.1. The van der Waals surface area contributed by atoms with Gasteiger partial charge in [-0.3, -0.25) is 4.79 Å². The van der Waals surface area contributed by atoms with E-state index < -0.39 is 11.9 Å². The summed E-state index contributed by atoms with van der Waals surface area (Å²) in [5, 5.41) is 0. The van der Waals surface area contributed by atoms with Crippen molar-refractivity contribution in [2.45, 2.75) is 52.4 Å². The van der Waals surface area contributed by atoms with E-state index in [0.29, 0.717) is 30.8 Å². The number of carbonyl (C=O) groups excluding carboxylic acids is 1. The van der Waals surface area contributed by atoms with Gasteiger partial charge < -0.3 is 14.2 Å². The molecule has 0 bridgehead atoms. The Morgan fingerprint density at radius 3 is 2.52 bits per heavy atom. The lowest BCUT2D eigenvalue weighted by Crippen LogP contribution is -2.19. The van der Waals surface area contributed by atoms with Crippen molar-refractivity contribution in [1.29, 1.82) is 0 Å². The van der Waals surface area contributed by atoms with Crippen molar-refractivity contribution in [2.24, 2.45) is 0 Å². The molecule has 1 atom stereocenters. The van der Waals surface area contributed by atoms with E-state index >= 15 is 0 Å². The molecule has 27 heavy (non-hydrogen) atoms. The Hall–Kier alpha value is -2.40. The number of benzene rings is 2. The second kappa shape index (κ2) is 10.7. The predicted octanol–water partition coefficient (Wildman–Crippen LogP) is 5.21. The molecule has 0 unspecified atom stereocenters. The summed E-state index contributed by atoms with van der Waals surface area (Å²) in [5.41, 5.74) is 1.53. The van der Waals surface area contributed by atoms with Gasteiger partial charge in [-0.25, -0.2) is 4.39 Å². The summed E-state index contributed by atoms with van der Waals surface area (Å²) >= 11 is 0. The zero-order chi connectivity index (χ0) is 19.6. The minimum Gasteiger partial charge on any atom is -0.489 e. The Bertz CT molecular complexity index is 716. The fourth-order valence-corrected chi connectivity index (χ4v) is 2.61. The minimum absolute atomic E-state index is 0.0160. The van der Waals surface area contributed by atoms with Crippen LogP contribution in [0.4, 0.5) is 4.39 Å². The van der Waals surface area contributed by atoms with Crippen LogP contribution in [0.25, 0.3) is 0 Å². The van der Waals surface area contributed by atoms with Crippen molar-refractivity contribution in [2.75, 3.05) is 6.61 Å². The SMILES string of the molecule is CCCC(=O)OC[C@H](OC(C)C)c1cc(F)ccc1OCc1ccccc1. The van der Waals surface area contributed by atoms with Crippen LogP contribution in [-0.4, -0.2) is 18.7 Å². The number of rotatable bonds is 10. The first kappa shape index (κ1) is 20.9. The number of hydrogen-bond donors (Lipinski definition) is 0. The Balaban J connectivity index is 2.19. The van der Waals surface area contributed by atoms with E-state index in [-0.39, 0.29) is 18.7 Å². The van der Waals surface area contributed by atoms with Crippen molar-refractivity contribution in [3.8, 4) is 5.75 Å². The van der Waals surface area contributed by atoms with Gasteiger partial charge in [-0.15, -0.1) is 0 Å². The molecule has 0 fully saturated rings. The maximum atomic E-state index is 13.9. The molecule has 5 heteroatoms. The van der Waals surface area contributed by atoms with Crippen LogP contribution in [0.2, 0.25) is 0 Å². The van der Waals surface area contributed by atoms with Crippen LogP contribution >= 0.6 is 0 Å². The van der Waals surface area contributed by atoms with E-state index in [1.54, 1.807) is 6.07 Å². The van der Waals surface area contributed by atoms with Gasteiger partial charge >= 0.3 is 5.97 Å². The largest absolute Gasteiger partial charge is 0.489 e. The number of ether oxygens (including phenoxy) is 3. The van der Waals surface area contributed by atoms with Gasteiger partial charge in [-0.2, -0.15) is 0 Å². The third-order valence-electron chi connectivity index (χ3n) is 3.84. The number of hydrogen-bond acceptors (Lipinski definition) is 4. The summed E-state index contributed by atoms with van der Waals surface area (Å²) in [7, 11) is 0. The van der Waals surface area contributed by atoms with Crippen LogP contribution in [0, 0.1) is 5.82 Å². The molecular weight excluding hydrogens is 347 g/mol. The van der Waals surface area contributed by atoms with E-state index in [1.807, 2.05) is 51.1 Å². The van der Waals surface area contributed by atoms with Gasteiger partial charge in [0.05, 0.1) is 6.10 Å². The minimum atomic E-state index is -0.604. The molecule has 0 heterocycles. The maximum Gasteiger partial charge on any atom is 0.305 e. The molecule has 146 valence electrons. The summed E-state index contributed by atoms with van der Waals surface area (Å²) in [6, 6.07) is 14.0. The summed E-state index contributed by atoms with van der Waals surface area (Å²) in [5.74, 6) is -0.176. The Morgan fingerprint density at radius 1 is 1.11 bits per heavy atom. The molecule has 0 aliphatic carbocycles. The first-order valence-electron chi connectivity index (χ1n) is 9.26. The van der Waals surface area contributed by atoms with Gasteiger partial charge in [0.1, 0.15) is 30.9 Å². The molecule has 2 aromatic carbocycles. The van der Waals surface area contributed by atoms with Crippen molar-refractivity contribution in [3.63, 3.8) is 0 Å². The summed E-state index contributed by atoms with van der Waals surface area (Å²) < 4.78 is 31.0. The highest BCUT2D eigenvalue weighted by molar-refractivity contribution is 5.69. The summed E-state index contributed by atoms with van der Waals surface area (Å²) in [4.78, 5) is 11.7. The third-order valence-corrected chi connectivity index (χ3v) is 3.84. The fraction of sp³-hybridized carbons (Fsp3) is 0.409. The molecule has 0 spiro atoms. The Morgan fingerprint density at radius 2 is 1.85 bits per heavy atom. The highest BCUT2D eigenvalue weighted by Crippen LogP contribution is 2.31. The third kappa shape index (κ3) is 7.02. The monoisotopic (exact) mass is 374 g/mol. The predicted molar refractivity (Wildman–Crippen MR) is 102 cm³/mol. The van der Waals surface area contributed by atoms with Crippen molar-refractivity contribution in [3.05, 3.63) is 65.5 Å². The summed E-state index contributed by atoms with van der Waals surface area (Å²) in [6.07, 6.45) is 0.326. The lowest BCUT2D eigenvalue weighted by molar-refractivity contribution is -0.149. The normalized spacial score (nSPS) is 12.0. The van der Waals surface area contributed by atoms with Crippen LogP contribution in [0.1, 0.15) is 50.8 Å². The van der Waals surface area contributed by atoms with Crippen molar-refractivity contribution < 1.29 is 23.4 Å². The molecule has 2 rings (SSSR count). The molecule has 0 N–H and O–H groups in total. The van der Waals surface area contributed by atoms with Gasteiger partial charge in [-0.05, 0) is 44.0 Å². The molecule has 0 aliphatic heterocycles. The van der Waals surface area contributed by atoms with Crippen LogP contribution in [-0.2, 0) is 20.9 Å². The molecule has 0 aromatic heterocycles. The highest BCUT2D eigenvalue weighted by atomic mass is 19.1. The average molecular weight is 374 g/mol. The second-order valence-corrected chi connectivity index (χ2v) is 6.56. The topological polar surface area (TPSA) is 44.8 Å². The number of carbonyl (C=O) groups is 1. The fourth-order valence-electron chi connectivity index (χ4n) is 2.61. The van der Waals surface area contributed by atoms with E-state index in [0.717, 1.165) is 5.56 Å². The van der Waals surface area contributed by atoms with Gasteiger partial charge in [0.2, 0.25) is 0 Å². The van der Waals surface area contributed by atoms with Crippen LogP contribution in [0.5, 0.6) is 5.75 Å². The van der Waals surface area contributed by atoms with Gasteiger partial charge in [0, 0.05) is 12.0 Å². The molecular formula is C22H27FO4. The maximum absolute atomic E-state index is 13.9. The standard InChI is InChI=1S/C22H27FO4/c1-4-8-22(24)26-15-21(27-16(2)3)19-13-18(23)11-12-20(19)25-14-17-9-6-5-7-10-17/h5-7,9-13,16,21H,4,8,14-15H2,1-3H3/t21-/m0/s1. The molecule has 0 amide bonds. The van der Waals surface area contributed by atoms with E-state index in [9.17, 15) is 9.18 Å². The zero-order valence-corrected chi connectivity index (χ0v) is 16.1. The zero-order valence-electron chi connectivity index (χ0n) is 16.1. The number of esters is 1. The molecule has 0 aliphatic rings. The van der Waals surface area contributed by atoms with Crippen molar-refractivity contribution >= 4 is 5.97 Å². The molecule has 0 radical (unpaired) electrons. The smallest absolute Gasteiger partial charge is 0.305 e. The molecule has 2 aromatic rings. The Labute approximate surface area is 160 Å². The van der Waals surface area contributed by atoms with Gasteiger partial charge in [0.25, 0.3) is 0 Å². The highest BCUT2D eigenvalue weighted by Gasteiger charge is 2.21. The van der Waals surface area contributed by atoms with Crippen LogP contribution < -0.4 is 4.74 Å². The van der Waals surface area contributed by atoms with Crippen molar-refractivity contribution in [1.82, 2.24) is 0 Å². The van der Waals surface area contributed by atoms with Gasteiger partial charge in [-0.1, -0.05) is 37.3 Å². The first-order valence-corrected chi connectivity index (χ1v) is 9.26. The van der Waals surface area contributed by atoms with Crippen LogP contribution in [0.15, 0.2) is 48.5 Å². The van der Waals surface area contributed by atoms with Crippen LogP contribution in [0.3, 0.4) is 0 Å². The van der Waals surface area contributed by atoms with E-state index in [4.69, 9.17) is 14.2 Å². The summed E-state index contributed by atoms with van der Waals surface area (Å²) in [6.45, 7) is 6.03. The quantitative estimate of drug-likeness (QED) is 0.535. The molecule has 0 saturated carbocycles. The lowest BCUT2D eigenvalue weighted by Gasteiger charge is -2.23. The first-order chi connectivity index (χ1) is 13.0. The number of halogens is 1. The molecule has 0 saturated heterocycles. The van der Waals surface area contributed by atoms with E-state index in [1.165, 1.54) is 12.1 Å². The Kier molecular flexibility index (Phi) is 8.27. The van der Waals surface area contributed by atoms with E-state index in [2.05, 4.69) is 0 Å².